The van der Waals surface area contributed by atoms with Gasteiger partial charge in [0.15, 0.2) is 0 Å². The van der Waals surface area contributed by atoms with Crippen LogP contribution < -0.4 is 5.32 Å². The summed E-state index contributed by atoms with van der Waals surface area (Å²) in [5, 5.41) is 3.25. The van der Waals surface area contributed by atoms with E-state index in [0.717, 1.165) is 26.1 Å². The minimum absolute atomic E-state index is 0.0409. The predicted octanol–water partition coefficient (Wildman–Crippen LogP) is 0.885. The van der Waals surface area contributed by atoms with Crippen LogP contribution in [0.4, 0.5) is 0 Å². The lowest BCUT2D eigenvalue weighted by molar-refractivity contribution is -0.130. The predicted molar refractivity (Wildman–Crippen MR) is 66.2 cm³/mol. The van der Waals surface area contributed by atoms with Crippen molar-refractivity contribution in [1.29, 1.82) is 0 Å². The largest absolute Gasteiger partial charge is 0.325 e. The molecular formula is C12H25N3O. The second-order valence-corrected chi connectivity index (χ2v) is 4.47. The summed E-state index contributed by atoms with van der Waals surface area (Å²) in [6.45, 7) is 12.3. The molecule has 2 unspecified atom stereocenters. The van der Waals surface area contributed by atoms with Crippen LogP contribution in [0.15, 0.2) is 0 Å². The molecule has 4 nitrogen and oxygen atoms in total. The van der Waals surface area contributed by atoms with Gasteiger partial charge in [-0.05, 0) is 26.4 Å². The summed E-state index contributed by atoms with van der Waals surface area (Å²) >= 11 is 0. The molecule has 1 fully saturated rings. The number of carbonyl (C=O) groups is 1. The minimum Gasteiger partial charge on any atom is -0.325 e. The van der Waals surface area contributed by atoms with E-state index in [0.29, 0.717) is 12.7 Å². The van der Waals surface area contributed by atoms with Gasteiger partial charge < -0.3 is 9.80 Å². The van der Waals surface area contributed by atoms with Gasteiger partial charge >= 0.3 is 0 Å². The van der Waals surface area contributed by atoms with Gasteiger partial charge in [0.05, 0.1) is 12.7 Å². The van der Waals surface area contributed by atoms with E-state index in [1.54, 1.807) is 0 Å². The van der Waals surface area contributed by atoms with E-state index in [1.807, 2.05) is 11.8 Å². The standard InChI is InChI=1S/C12H25N3O/c1-5-11-12(16)15(9-13-11)10(4)8-14(6-2)7-3/h10-11,13H,5-9H2,1-4H3. The van der Waals surface area contributed by atoms with Gasteiger partial charge in [0.1, 0.15) is 0 Å². The van der Waals surface area contributed by atoms with E-state index in [-0.39, 0.29) is 11.9 Å². The SMILES string of the molecule is CCC1NCN(C(C)CN(CC)CC)C1=O. The first-order valence-corrected chi connectivity index (χ1v) is 6.40. The Morgan fingerprint density at radius 2 is 2.06 bits per heavy atom. The van der Waals surface area contributed by atoms with Crippen molar-refractivity contribution in [2.75, 3.05) is 26.3 Å². The molecule has 16 heavy (non-hydrogen) atoms. The zero-order valence-corrected chi connectivity index (χ0v) is 11.0. The molecule has 0 bridgehead atoms. The first-order chi connectivity index (χ1) is 7.63. The molecule has 1 rings (SSSR count). The maximum absolute atomic E-state index is 12.0. The Bertz CT molecular complexity index is 228. The Balaban J connectivity index is 2.48. The zero-order chi connectivity index (χ0) is 12.1. The molecule has 0 aromatic carbocycles. The number of hydrogen-bond donors (Lipinski definition) is 1. The lowest BCUT2D eigenvalue weighted by Crippen LogP contribution is -2.44. The second-order valence-electron chi connectivity index (χ2n) is 4.47. The zero-order valence-electron chi connectivity index (χ0n) is 11.0. The van der Waals surface area contributed by atoms with E-state index >= 15 is 0 Å². The fourth-order valence-electron chi connectivity index (χ4n) is 2.22. The Morgan fingerprint density at radius 1 is 1.44 bits per heavy atom. The highest BCUT2D eigenvalue weighted by Gasteiger charge is 2.32. The van der Waals surface area contributed by atoms with Crippen LogP contribution in [-0.4, -0.2) is 54.1 Å². The minimum atomic E-state index is 0.0409. The lowest BCUT2D eigenvalue weighted by Gasteiger charge is -2.29. The monoisotopic (exact) mass is 227 g/mol. The normalized spacial score (nSPS) is 23.2. The number of amides is 1. The van der Waals surface area contributed by atoms with Crippen molar-refractivity contribution in [1.82, 2.24) is 15.1 Å². The topological polar surface area (TPSA) is 35.6 Å². The van der Waals surface area contributed by atoms with Crippen LogP contribution in [0, 0.1) is 0 Å². The molecule has 1 N–H and O–H groups in total. The number of likely N-dealkylation sites (N-methyl/N-ethyl adjacent to an activating group) is 1. The van der Waals surface area contributed by atoms with Crippen molar-refractivity contribution >= 4 is 5.91 Å². The van der Waals surface area contributed by atoms with Crippen LogP contribution in [0.5, 0.6) is 0 Å². The highest BCUT2D eigenvalue weighted by atomic mass is 16.2. The van der Waals surface area contributed by atoms with E-state index < -0.39 is 0 Å². The fourth-order valence-corrected chi connectivity index (χ4v) is 2.22. The summed E-state index contributed by atoms with van der Waals surface area (Å²) in [7, 11) is 0. The maximum atomic E-state index is 12.0. The Kier molecular flexibility index (Phi) is 5.22. The van der Waals surface area contributed by atoms with Crippen LogP contribution in [-0.2, 0) is 4.79 Å². The molecule has 94 valence electrons. The molecule has 4 heteroatoms. The van der Waals surface area contributed by atoms with Gasteiger partial charge in [0.25, 0.3) is 0 Å². The summed E-state index contributed by atoms with van der Waals surface area (Å²) in [5.74, 6) is 0.266. The summed E-state index contributed by atoms with van der Waals surface area (Å²) < 4.78 is 0. The lowest BCUT2D eigenvalue weighted by atomic mass is 10.2. The van der Waals surface area contributed by atoms with Crippen molar-refractivity contribution in [3.63, 3.8) is 0 Å². The average Bonchev–Trinajstić information content (AvgIpc) is 2.67. The van der Waals surface area contributed by atoms with Gasteiger partial charge in [-0.15, -0.1) is 0 Å². The highest BCUT2D eigenvalue weighted by molar-refractivity contribution is 5.83. The summed E-state index contributed by atoms with van der Waals surface area (Å²) in [6.07, 6.45) is 0.882. The summed E-state index contributed by atoms with van der Waals surface area (Å²) in [5.41, 5.74) is 0. The molecule has 0 spiro atoms. The van der Waals surface area contributed by atoms with Crippen LogP contribution in [0.25, 0.3) is 0 Å². The molecule has 1 aliphatic heterocycles. The molecule has 0 aromatic heterocycles. The van der Waals surface area contributed by atoms with Gasteiger partial charge in [0.2, 0.25) is 5.91 Å². The number of hydrogen-bond acceptors (Lipinski definition) is 3. The number of nitrogens with zero attached hydrogens (tertiary/aromatic N) is 2. The Hall–Kier alpha value is -0.610. The van der Waals surface area contributed by atoms with Crippen LogP contribution in [0.3, 0.4) is 0 Å². The average molecular weight is 227 g/mol. The molecule has 0 aromatic rings. The molecule has 1 aliphatic rings. The molecule has 0 aliphatic carbocycles. The third-order valence-electron chi connectivity index (χ3n) is 3.45. The number of rotatable bonds is 6. The van der Waals surface area contributed by atoms with Crippen LogP contribution in [0.2, 0.25) is 0 Å². The third-order valence-corrected chi connectivity index (χ3v) is 3.45. The Morgan fingerprint density at radius 3 is 2.50 bits per heavy atom. The van der Waals surface area contributed by atoms with Gasteiger partial charge in [-0.2, -0.15) is 0 Å². The van der Waals surface area contributed by atoms with Gasteiger partial charge in [-0.1, -0.05) is 20.8 Å². The van der Waals surface area contributed by atoms with E-state index in [4.69, 9.17) is 0 Å². The quantitative estimate of drug-likeness (QED) is 0.732. The Labute approximate surface area is 99.0 Å². The molecular weight excluding hydrogens is 202 g/mol. The van der Waals surface area contributed by atoms with Crippen molar-refractivity contribution in [2.45, 2.75) is 46.2 Å². The van der Waals surface area contributed by atoms with E-state index in [1.165, 1.54) is 0 Å². The molecule has 1 amide bonds. The fraction of sp³-hybridized carbons (Fsp3) is 0.917. The first kappa shape index (κ1) is 13.5. The van der Waals surface area contributed by atoms with E-state index in [9.17, 15) is 4.79 Å². The number of carbonyl (C=O) groups excluding carboxylic acids is 1. The second kappa shape index (κ2) is 6.21. The summed E-state index contributed by atoms with van der Waals surface area (Å²) in [4.78, 5) is 16.3. The molecule has 2 atom stereocenters. The molecule has 1 saturated heterocycles. The van der Waals surface area contributed by atoms with Crippen molar-refractivity contribution in [2.24, 2.45) is 0 Å². The maximum Gasteiger partial charge on any atom is 0.241 e. The van der Waals surface area contributed by atoms with Crippen molar-refractivity contribution in [3.05, 3.63) is 0 Å². The van der Waals surface area contributed by atoms with Crippen LogP contribution in [0.1, 0.15) is 34.1 Å². The van der Waals surface area contributed by atoms with Crippen LogP contribution >= 0.6 is 0 Å². The van der Waals surface area contributed by atoms with Crippen molar-refractivity contribution in [3.8, 4) is 0 Å². The third kappa shape index (κ3) is 2.95. The van der Waals surface area contributed by atoms with E-state index in [2.05, 4.69) is 31.0 Å². The smallest absolute Gasteiger partial charge is 0.241 e. The highest BCUT2D eigenvalue weighted by Crippen LogP contribution is 2.11. The molecule has 0 radical (unpaired) electrons. The van der Waals surface area contributed by atoms with Gasteiger partial charge in [-0.3, -0.25) is 10.1 Å². The van der Waals surface area contributed by atoms with Crippen molar-refractivity contribution < 1.29 is 4.79 Å². The summed E-state index contributed by atoms with van der Waals surface area (Å²) in [6, 6.07) is 0.343. The first-order valence-electron chi connectivity index (χ1n) is 6.40. The van der Waals surface area contributed by atoms with Gasteiger partial charge in [0, 0.05) is 12.6 Å². The van der Waals surface area contributed by atoms with Gasteiger partial charge in [-0.25, -0.2) is 0 Å². The molecule has 0 saturated carbocycles. The number of nitrogens with one attached hydrogen (secondary N) is 1. The molecule has 1 heterocycles.